The van der Waals surface area contributed by atoms with Gasteiger partial charge < -0.3 is 10.2 Å². The molecule has 2 amide bonds. The molecule has 8 heteroatoms. The third-order valence-electron chi connectivity index (χ3n) is 7.54. The summed E-state index contributed by atoms with van der Waals surface area (Å²) in [5.74, 6) is -0.664. The minimum Gasteiger partial charge on any atom is -0.352 e. The normalized spacial score (nSPS) is 12.8. The lowest BCUT2D eigenvalue weighted by Gasteiger charge is -2.34. The van der Waals surface area contributed by atoms with E-state index in [-0.39, 0.29) is 23.4 Å². The zero-order valence-corrected chi connectivity index (χ0v) is 25.9. The molecule has 0 aliphatic rings. The van der Waals surface area contributed by atoms with Crippen LogP contribution >= 0.6 is 0 Å². The van der Waals surface area contributed by atoms with Gasteiger partial charge in [-0.3, -0.25) is 13.9 Å². The standard InChI is InChI=1S/C33H43N3O4S/c1-7-27(6)34-33(38)31(8-2)35(21-20-28-12-10-9-11-13-28)32(37)23-36(29-17-16-25(4)26(5)22-29)41(39,40)30-18-14-24(3)15-19-30/h9-19,22,27,31H,7-8,20-21,23H2,1-6H3,(H,34,38). The molecule has 0 aliphatic heterocycles. The maximum atomic E-state index is 14.1. The van der Waals surface area contributed by atoms with Crippen LogP contribution in [0.5, 0.6) is 0 Å². The number of amides is 2. The summed E-state index contributed by atoms with van der Waals surface area (Å²) in [5.41, 5.74) is 4.30. The van der Waals surface area contributed by atoms with E-state index >= 15 is 0 Å². The molecule has 220 valence electrons. The number of carbonyl (C=O) groups is 2. The second-order valence-electron chi connectivity index (χ2n) is 10.7. The van der Waals surface area contributed by atoms with Crippen molar-refractivity contribution < 1.29 is 18.0 Å². The quantitative estimate of drug-likeness (QED) is 0.288. The lowest BCUT2D eigenvalue weighted by atomic mass is 10.1. The largest absolute Gasteiger partial charge is 0.352 e. The average molecular weight is 578 g/mol. The Morgan fingerprint density at radius 3 is 2.10 bits per heavy atom. The molecule has 2 unspecified atom stereocenters. The molecule has 0 radical (unpaired) electrons. The van der Waals surface area contributed by atoms with Gasteiger partial charge >= 0.3 is 0 Å². The molecule has 3 aromatic rings. The molecule has 0 fully saturated rings. The molecular formula is C33H43N3O4S. The highest BCUT2D eigenvalue weighted by molar-refractivity contribution is 7.92. The number of carbonyl (C=O) groups excluding carboxylic acids is 2. The summed E-state index contributed by atoms with van der Waals surface area (Å²) in [6, 6.07) is 20.9. The molecule has 41 heavy (non-hydrogen) atoms. The first-order valence-corrected chi connectivity index (χ1v) is 15.7. The predicted octanol–water partition coefficient (Wildman–Crippen LogP) is 5.57. The van der Waals surface area contributed by atoms with Gasteiger partial charge in [-0.2, -0.15) is 0 Å². The molecule has 0 aliphatic carbocycles. The number of anilines is 1. The monoisotopic (exact) mass is 577 g/mol. The number of nitrogens with zero attached hydrogens (tertiary/aromatic N) is 2. The Morgan fingerprint density at radius 2 is 1.51 bits per heavy atom. The lowest BCUT2D eigenvalue weighted by Crippen LogP contribution is -2.54. The first-order chi connectivity index (χ1) is 19.5. The minimum absolute atomic E-state index is 0.0448. The van der Waals surface area contributed by atoms with Gasteiger partial charge in [0.1, 0.15) is 12.6 Å². The highest BCUT2D eigenvalue weighted by Gasteiger charge is 2.33. The number of hydrogen-bond donors (Lipinski definition) is 1. The number of hydrogen-bond acceptors (Lipinski definition) is 4. The molecule has 0 heterocycles. The number of sulfonamides is 1. The number of rotatable bonds is 13. The second kappa shape index (κ2) is 14.3. The number of aryl methyl sites for hydroxylation is 3. The van der Waals surface area contributed by atoms with E-state index in [1.807, 2.05) is 77.9 Å². The van der Waals surface area contributed by atoms with Crippen molar-refractivity contribution in [1.82, 2.24) is 10.2 Å². The van der Waals surface area contributed by atoms with E-state index in [0.29, 0.717) is 18.5 Å². The van der Waals surface area contributed by atoms with Crippen LogP contribution in [0.2, 0.25) is 0 Å². The molecule has 0 saturated heterocycles. The minimum atomic E-state index is -4.09. The van der Waals surface area contributed by atoms with Crippen molar-refractivity contribution in [3.63, 3.8) is 0 Å². The van der Waals surface area contributed by atoms with Crippen LogP contribution < -0.4 is 9.62 Å². The summed E-state index contributed by atoms with van der Waals surface area (Å²) in [6.45, 7) is 11.4. The van der Waals surface area contributed by atoms with E-state index in [4.69, 9.17) is 0 Å². The Kier molecular flexibility index (Phi) is 11.1. The Balaban J connectivity index is 2.03. The third-order valence-corrected chi connectivity index (χ3v) is 9.33. The van der Waals surface area contributed by atoms with E-state index < -0.39 is 28.5 Å². The Morgan fingerprint density at radius 1 is 0.854 bits per heavy atom. The zero-order valence-electron chi connectivity index (χ0n) is 25.1. The van der Waals surface area contributed by atoms with Gasteiger partial charge in [-0.05, 0) is 87.9 Å². The summed E-state index contributed by atoms with van der Waals surface area (Å²) >= 11 is 0. The second-order valence-corrected chi connectivity index (χ2v) is 12.5. The van der Waals surface area contributed by atoms with Crippen molar-refractivity contribution in [3.05, 3.63) is 95.1 Å². The molecule has 0 aromatic heterocycles. The van der Waals surface area contributed by atoms with Gasteiger partial charge in [0.2, 0.25) is 11.8 Å². The molecule has 0 spiro atoms. The fourth-order valence-corrected chi connectivity index (χ4v) is 5.99. The van der Waals surface area contributed by atoms with Crippen molar-refractivity contribution in [2.45, 2.75) is 77.8 Å². The van der Waals surface area contributed by atoms with Crippen LogP contribution in [0.3, 0.4) is 0 Å². The van der Waals surface area contributed by atoms with Crippen LogP contribution in [0.4, 0.5) is 5.69 Å². The molecule has 0 saturated carbocycles. The van der Waals surface area contributed by atoms with Crippen molar-refractivity contribution in [3.8, 4) is 0 Å². The maximum Gasteiger partial charge on any atom is 0.264 e. The SMILES string of the molecule is CCC(C)NC(=O)C(CC)N(CCc1ccccc1)C(=O)CN(c1ccc(C)c(C)c1)S(=O)(=O)c1ccc(C)cc1. The first-order valence-electron chi connectivity index (χ1n) is 14.3. The van der Waals surface area contributed by atoms with Gasteiger partial charge in [-0.1, -0.05) is 67.9 Å². The van der Waals surface area contributed by atoms with E-state index in [9.17, 15) is 18.0 Å². The topological polar surface area (TPSA) is 86.8 Å². The molecular weight excluding hydrogens is 534 g/mol. The van der Waals surface area contributed by atoms with Crippen LogP contribution in [0, 0.1) is 20.8 Å². The highest BCUT2D eigenvalue weighted by atomic mass is 32.2. The van der Waals surface area contributed by atoms with Gasteiger partial charge in [0.25, 0.3) is 10.0 Å². The van der Waals surface area contributed by atoms with Crippen molar-refractivity contribution in [2.75, 3.05) is 17.4 Å². The Hall–Kier alpha value is -3.65. The number of nitrogens with one attached hydrogen (secondary N) is 1. The van der Waals surface area contributed by atoms with Crippen molar-refractivity contribution in [1.29, 1.82) is 0 Å². The van der Waals surface area contributed by atoms with Crippen LogP contribution in [-0.4, -0.2) is 50.3 Å². The highest BCUT2D eigenvalue weighted by Crippen LogP contribution is 2.27. The van der Waals surface area contributed by atoms with Crippen LogP contribution in [0.1, 0.15) is 55.9 Å². The molecule has 3 aromatic carbocycles. The van der Waals surface area contributed by atoms with E-state index in [0.717, 1.165) is 28.7 Å². The molecule has 0 bridgehead atoms. The van der Waals surface area contributed by atoms with E-state index in [2.05, 4.69) is 5.32 Å². The van der Waals surface area contributed by atoms with Gasteiger partial charge in [0.05, 0.1) is 10.6 Å². The van der Waals surface area contributed by atoms with Crippen LogP contribution in [0.15, 0.2) is 77.7 Å². The molecule has 3 rings (SSSR count). The zero-order chi connectivity index (χ0) is 30.2. The molecule has 7 nitrogen and oxygen atoms in total. The Labute approximate surface area is 245 Å². The fourth-order valence-electron chi connectivity index (χ4n) is 4.58. The number of benzene rings is 3. The third kappa shape index (κ3) is 8.19. The van der Waals surface area contributed by atoms with Gasteiger partial charge in [0.15, 0.2) is 0 Å². The molecule has 2 atom stereocenters. The Bertz CT molecular complexity index is 1420. The lowest BCUT2D eigenvalue weighted by molar-refractivity contribution is -0.139. The summed E-state index contributed by atoms with van der Waals surface area (Å²) in [4.78, 5) is 29.1. The van der Waals surface area contributed by atoms with E-state index in [1.165, 1.54) is 4.31 Å². The fraction of sp³-hybridized carbons (Fsp3) is 0.394. The van der Waals surface area contributed by atoms with Crippen LogP contribution in [0.25, 0.3) is 0 Å². The average Bonchev–Trinajstić information content (AvgIpc) is 2.95. The van der Waals surface area contributed by atoms with Gasteiger partial charge in [-0.25, -0.2) is 8.42 Å². The predicted molar refractivity (Wildman–Crippen MR) is 165 cm³/mol. The van der Waals surface area contributed by atoms with Gasteiger partial charge in [0, 0.05) is 12.6 Å². The van der Waals surface area contributed by atoms with E-state index in [1.54, 1.807) is 41.3 Å². The molecule has 1 N–H and O–H groups in total. The smallest absolute Gasteiger partial charge is 0.264 e. The summed E-state index contributed by atoms with van der Waals surface area (Å²) in [5, 5.41) is 3.01. The summed E-state index contributed by atoms with van der Waals surface area (Å²) in [6.07, 6.45) is 1.70. The van der Waals surface area contributed by atoms with Gasteiger partial charge in [-0.15, -0.1) is 0 Å². The first kappa shape index (κ1) is 31.9. The van der Waals surface area contributed by atoms with Crippen molar-refractivity contribution >= 4 is 27.5 Å². The summed E-state index contributed by atoms with van der Waals surface area (Å²) < 4.78 is 29.2. The summed E-state index contributed by atoms with van der Waals surface area (Å²) in [7, 11) is -4.09. The van der Waals surface area contributed by atoms with Crippen molar-refractivity contribution in [2.24, 2.45) is 0 Å². The van der Waals surface area contributed by atoms with Crippen LogP contribution in [-0.2, 0) is 26.0 Å². The maximum absolute atomic E-state index is 14.1.